The van der Waals surface area contributed by atoms with E-state index in [0.29, 0.717) is 5.69 Å². The maximum atomic E-state index is 13.6. The van der Waals surface area contributed by atoms with Crippen molar-refractivity contribution in [3.8, 4) is 0 Å². The summed E-state index contributed by atoms with van der Waals surface area (Å²) in [5, 5.41) is 18.9. The van der Waals surface area contributed by atoms with Gasteiger partial charge in [-0.25, -0.2) is 4.39 Å². The molecule has 0 saturated heterocycles. The molecule has 1 aromatic rings. The van der Waals surface area contributed by atoms with Gasteiger partial charge in [-0.05, 0) is 13.0 Å². The third kappa shape index (κ3) is 2.42. The molecular weight excluding hydrogens is 217 g/mol. The minimum Gasteiger partial charge on any atom is -0.398 e. The molecule has 2 unspecified atom stereocenters. The summed E-state index contributed by atoms with van der Waals surface area (Å²) in [6, 6.07) is 2.87. The Morgan fingerprint density at radius 1 is 1.47 bits per heavy atom. The molecular formula is C10H14FNO2S. The summed E-state index contributed by atoms with van der Waals surface area (Å²) in [4.78, 5) is 0. The van der Waals surface area contributed by atoms with Crippen LogP contribution < -0.4 is 5.73 Å². The largest absolute Gasteiger partial charge is 0.398 e. The first-order valence-corrected chi connectivity index (χ1v) is 5.13. The molecule has 0 bridgehead atoms. The monoisotopic (exact) mass is 231 g/mol. The van der Waals surface area contributed by atoms with Gasteiger partial charge in [0.25, 0.3) is 0 Å². The van der Waals surface area contributed by atoms with Crippen LogP contribution in [0.4, 0.5) is 10.1 Å². The van der Waals surface area contributed by atoms with Crippen molar-refractivity contribution in [1.29, 1.82) is 0 Å². The van der Waals surface area contributed by atoms with Gasteiger partial charge in [-0.15, -0.1) is 0 Å². The molecule has 5 heteroatoms. The van der Waals surface area contributed by atoms with Crippen LogP contribution in [0.3, 0.4) is 0 Å². The molecule has 15 heavy (non-hydrogen) atoms. The predicted molar refractivity (Wildman–Crippen MR) is 60.4 cm³/mol. The third-order valence-corrected chi connectivity index (χ3v) is 2.70. The van der Waals surface area contributed by atoms with Crippen LogP contribution in [0.2, 0.25) is 0 Å². The molecule has 0 heterocycles. The maximum absolute atomic E-state index is 13.6. The third-order valence-electron chi connectivity index (χ3n) is 2.33. The van der Waals surface area contributed by atoms with Gasteiger partial charge in [0.1, 0.15) is 11.9 Å². The fraction of sp³-hybridized carbons (Fsp3) is 0.400. The zero-order chi connectivity index (χ0) is 11.6. The van der Waals surface area contributed by atoms with Crippen LogP contribution in [0.5, 0.6) is 0 Å². The molecule has 3 nitrogen and oxygen atoms in total. The van der Waals surface area contributed by atoms with Crippen molar-refractivity contribution in [3.63, 3.8) is 0 Å². The lowest BCUT2D eigenvalue weighted by molar-refractivity contribution is 0.0314. The van der Waals surface area contributed by atoms with E-state index < -0.39 is 18.0 Å². The van der Waals surface area contributed by atoms with E-state index in [-0.39, 0.29) is 16.9 Å². The van der Waals surface area contributed by atoms with E-state index in [0.717, 1.165) is 0 Å². The summed E-state index contributed by atoms with van der Waals surface area (Å²) in [6.45, 7) is 1.52. The van der Waals surface area contributed by atoms with Gasteiger partial charge >= 0.3 is 0 Å². The maximum Gasteiger partial charge on any atom is 0.134 e. The molecule has 1 aromatic carbocycles. The van der Waals surface area contributed by atoms with Gasteiger partial charge in [0.15, 0.2) is 0 Å². The highest BCUT2D eigenvalue weighted by atomic mass is 32.1. The number of thiol groups is 1. The van der Waals surface area contributed by atoms with Gasteiger partial charge in [0.2, 0.25) is 0 Å². The lowest BCUT2D eigenvalue weighted by Crippen LogP contribution is -2.21. The van der Waals surface area contributed by atoms with Crippen molar-refractivity contribution in [2.24, 2.45) is 0 Å². The molecule has 0 aliphatic carbocycles. The molecule has 84 valence electrons. The molecule has 0 radical (unpaired) electrons. The minimum absolute atomic E-state index is 0.0447. The summed E-state index contributed by atoms with van der Waals surface area (Å²) in [7, 11) is 0. The van der Waals surface area contributed by atoms with E-state index in [1.807, 2.05) is 0 Å². The Kier molecular flexibility index (Phi) is 3.96. The standard InChI is InChI=1S/C10H14FNO2S/c1-5-7(12)3-2-6(9(5)11)10(14)8(13)4-15/h2-3,8,10,13-15H,4,12H2,1H3. The number of anilines is 1. The van der Waals surface area contributed by atoms with Crippen LogP contribution in [-0.4, -0.2) is 22.1 Å². The van der Waals surface area contributed by atoms with E-state index >= 15 is 0 Å². The smallest absolute Gasteiger partial charge is 0.134 e. The second kappa shape index (κ2) is 4.83. The van der Waals surface area contributed by atoms with Gasteiger partial charge in [-0.2, -0.15) is 12.6 Å². The number of hydrogen-bond acceptors (Lipinski definition) is 4. The van der Waals surface area contributed by atoms with Crippen LogP contribution in [-0.2, 0) is 0 Å². The van der Waals surface area contributed by atoms with Crippen LogP contribution in [0.15, 0.2) is 12.1 Å². The summed E-state index contributed by atoms with van der Waals surface area (Å²) in [5.74, 6) is -0.521. The molecule has 0 aliphatic heterocycles. The van der Waals surface area contributed by atoms with Gasteiger partial charge < -0.3 is 15.9 Å². The molecule has 0 aromatic heterocycles. The highest BCUT2D eigenvalue weighted by molar-refractivity contribution is 7.80. The van der Waals surface area contributed by atoms with Gasteiger partial charge in [0, 0.05) is 22.6 Å². The summed E-state index contributed by atoms with van der Waals surface area (Å²) in [5.41, 5.74) is 6.14. The van der Waals surface area contributed by atoms with E-state index in [1.54, 1.807) is 0 Å². The first-order chi connectivity index (χ1) is 6.99. The molecule has 0 amide bonds. The van der Waals surface area contributed by atoms with Crippen molar-refractivity contribution < 1.29 is 14.6 Å². The highest BCUT2D eigenvalue weighted by Gasteiger charge is 2.21. The average Bonchev–Trinajstić information content (AvgIpc) is 2.24. The van der Waals surface area contributed by atoms with Gasteiger partial charge in [0.05, 0.1) is 6.10 Å². The predicted octanol–water partition coefficient (Wildman–Crippen LogP) is 1.04. The summed E-state index contributed by atoms with van der Waals surface area (Å²) >= 11 is 3.83. The molecule has 1 rings (SSSR count). The van der Waals surface area contributed by atoms with Crippen LogP contribution in [0, 0.1) is 12.7 Å². The Hall–Kier alpha value is -0.780. The lowest BCUT2D eigenvalue weighted by atomic mass is 10.0. The zero-order valence-corrected chi connectivity index (χ0v) is 9.21. The van der Waals surface area contributed by atoms with Crippen molar-refractivity contribution in [2.75, 3.05) is 11.5 Å². The van der Waals surface area contributed by atoms with Crippen molar-refractivity contribution in [1.82, 2.24) is 0 Å². The highest BCUT2D eigenvalue weighted by Crippen LogP contribution is 2.26. The Balaban J connectivity index is 3.10. The van der Waals surface area contributed by atoms with Crippen molar-refractivity contribution in [2.45, 2.75) is 19.1 Å². The Labute approximate surface area is 93.1 Å². The Morgan fingerprint density at radius 2 is 2.07 bits per heavy atom. The van der Waals surface area contributed by atoms with Crippen molar-refractivity contribution >= 4 is 18.3 Å². The SMILES string of the molecule is Cc1c(N)ccc(C(O)C(O)CS)c1F. The number of hydrogen-bond donors (Lipinski definition) is 4. The first kappa shape index (κ1) is 12.3. The van der Waals surface area contributed by atoms with E-state index in [2.05, 4.69) is 12.6 Å². The van der Waals surface area contributed by atoms with Gasteiger partial charge in [-0.1, -0.05) is 6.07 Å². The van der Waals surface area contributed by atoms with E-state index in [4.69, 9.17) is 5.73 Å². The van der Waals surface area contributed by atoms with Gasteiger partial charge in [-0.3, -0.25) is 0 Å². The van der Waals surface area contributed by atoms with E-state index in [9.17, 15) is 14.6 Å². The Morgan fingerprint density at radius 3 is 2.60 bits per heavy atom. The normalized spacial score (nSPS) is 15.0. The number of benzene rings is 1. The molecule has 0 spiro atoms. The first-order valence-electron chi connectivity index (χ1n) is 4.50. The topological polar surface area (TPSA) is 66.5 Å². The fourth-order valence-electron chi connectivity index (χ4n) is 1.26. The number of rotatable bonds is 3. The molecule has 0 saturated carbocycles. The second-order valence-corrected chi connectivity index (χ2v) is 3.74. The molecule has 0 aliphatic rings. The number of aliphatic hydroxyl groups is 2. The summed E-state index contributed by atoms with van der Waals surface area (Å²) < 4.78 is 13.6. The van der Waals surface area contributed by atoms with Crippen molar-refractivity contribution in [3.05, 3.63) is 29.1 Å². The average molecular weight is 231 g/mol. The van der Waals surface area contributed by atoms with E-state index in [1.165, 1.54) is 19.1 Å². The molecule has 0 fully saturated rings. The lowest BCUT2D eigenvalue weighted by Gasteiger charge is -2.18. The quantitative estimate of drug-likeness (QED) is 0.464. The Bertz CT molecular complexity index is 360. The zero-order valence-electron chi connectivity index (χ0n) is 8.31. The number of aliphatic hydroxyl groups excluding tert-OH is 2. The van der Waals surface area contributed by atoms with Crippen LogP contribution in [0.1, 0.15) is 17.2 Å². The fourth-order valence-corrected chi connectivity index (χ4v) is 1.46. The number of halogens is 1. The van der Waals surface area contributed by atoms with Crippen LogP contribution >= 0.6 is 12.6 Å². The minimum atomic E-state index is -1.28. The number of nitrogen functional groups attached to an aromatic ring is 1. The molecule has 2 atom stereocenters. The second-order valence-electron chi connectivity index (χ2n) is 3.38. The molecule has 4 N–H and O–H groups in total. The summed E-state index contributed by atoms with van der Waals surface area (Å²) in [6.07, 6.45) is -2.37. The van der Waals surface area contributed by atoms with Crippen LogP contribution in [0.25, 0.3) is 0 Å². The number of nitrogens with two attached hydrogens (primary N) is 1.